The van der Waals surface area contributed by atoms with Gasteiger partial charge in [-0.15, -0.1) is 0 Å². The largest absolute Gasteiger partial charge is 0.466 e. The number of likely N-dealkylation sites (tertiary alicyclic amines) is 1. The van der Waals surface area contributed by atoms with Gasteiger partial charge in [0, 0.05) is 24.7 Å². The fraction of sp³-hybridized carbons (Fsp3) is 0.571. The van der Waals surface area contributed by atoms with Crippen LogP contribution in [0, 0.1) is 30.5 Å². The topological polar surface area (TPSA) is 75.7 Å². The minimum Gasteiger partial charge on any atom is -0.466 e. The monoisotopic (exact) mass is 578 g/mol. The van der Waals surface area contributed by atoms with Gasteiger partial charge in [-0.1, -0.05) is 57.9 Å². The van der Waals surface area contributed by atoms with Crippen molar-refractivity contribution >= 4 is 23.5 Å². The number of ether oxygens (including phenoxy) is 1. The van der Waals surface area contributed by atoms with E-state index in [0.717, 1.165) is 43.4 Å². The quantitative estimate of drug-likeness (QED) is 0.330. The SMILES string of the molecule is CCOC(=O)CCC1CCC(C2[C@@H](C(=O)Nc3cccc(C(C)(C)C)c3)CCCN2C(=O)c2c(C)cccc2F)CC1. The Morgan fingerprint density at radius 2 is 1.74 bits per heavy atom. The van der Waals surface area contributed by atoms with Crippen LogP contribution >= 0.6 is 0 Å². The van der Waals surface area contributed by atoms with E-state index in [0.29, 0.717) is 43.9 Å². The van der Waals surface area contributed by atoms with Crippen molar-refractivity contribution in [1.82, 2.24) is 4.90 Å². The molecule has 6 nitrogen and oxygen atoms in total. The first kappa shape index (κ1) is 31.7. The molecule has 0 bridgehead atoms. The number of halogens is 1. The zero-order valence-corrected chi connectivity index (χ0v) is 25.9. The van der Waals surface area contributed by atoms with Gasteiger partial charge in [0.25, 0.3) is 5.91 Å². The fourth-order valence-corrected chi connectivity index (χ4v) is 6.84. The van der Waals surface area contributed by atoms with Gasteiger partial charge in [0.2, 0.25) is 5.91 Å². The number of piperidine rings is 1. The van der Waals surface area contributed by atoms with Gasteiger partial charge in [0.05, 0.1) is 18.1 Å². The van der Waals surface area contributed by atoms with Crippen LogP contribution < -0.4 is 5.32 Å². The van der Waals surface area contributed by atoms with Crippen LogP contribution in [-0.2, 0) is 19.7 Å². The average Bonchev–Trinajstić information content (AvgIpc) is 2.95. The lowest BCUT2D eigenvalue weighted by atomic mass is 9.71. The second-order valence-electron chi connectivity index (χ2n) is 13.1. The van der Waals surface area contributed by atoms with E-state index in [9.17, 15) is 18.8 Å². The van der Waals surface area contributed by atoms with E-state index in [4.69, 9.17) is 4.74 Å². The molecular formula is C35H47FN2O4. The Morgan fingerprint density at radius 1 is 1.02 bits per heavy atom. The summed E-state index contributed by atoms with van der Waals surface area (Å²) in [6.45, 7) is 10.9. The Bertz CT molecular complexity index is 1240. The lowest BCUT2D eigenvalue weighted by molar-refractivity contribution is -0.143. The molecule has 0 radical (unpaired) electrons. The molecule has 4 rings (SSSR count). The molecule has 2 atom stereocenters. The predicted octanol–water partition coefficient (Wildman–Crippen LogP) is 7.44. The van der Waals surface area contributed by atoms with Gasteiger partial charge in [-0.3, -0.25) is 14.4 Å². The molecule has 2 aromatic rings. The summed E-state index contributed by atoms with van der Waals surface area (Å²) in [5.41, 5.74) is 2.54. The highest BCUT2D eigenvalue weighted by Crippen LogP contribution is 2.41. The maximum absolute atomic E-state index is 15.0. The zero-order valence-electron chi connectivity index (χ0n) is 25.9. The molecule has 1 heterocycles. The van der Waals surface area contributed by atoms with Crippen LogP contribution in [0.4, 0.5) is 10.1 Å². The number of anilines is 1. The van der Waals surface area contributed by atoms with Crippen molar-refractivity contribution in [2.75, 3.05) is 18.5 Å². The van der Waals surface area contributed by atoms with Gasteiger partial charge < -0.3 is 15.0 Å². The third-order valence-electron chi connectivity index (χ3n) is 9.15. The first-order chi connectivity index (χ1) is 20.0. The van der Waals surface area contributed by atoms with Crippen molar-refractivity contribution in [2.45, 2.75) is 97.4 Å². The third-order valence-corrected chi connectivity index (χ3v) is 9.15. The highest BCUT2D eigenvalue weighted by molar-refractivity contribution is 5.98. The van der Waals surface area contributed by atoms with E-state index in [-0.39, 0.29) is 40.7 Å². The molecule has 7 heteroatoms. The van der Waals surface area contributed by atoms with Crippen LogP contribution in [0.2, 0.25) is 0 Å². The number of rotatable bonds is 8. The van der Waals surface area contributed by atoms with Crippen LogP contribution in [0.25, 0.3) is 0 Å². The van der Waals surface area contributed by atoms with E-state index in [1.54, 1.807) is 24.0 Å². The molecule has 2 aromatic carbocycles. The predicted molar refractivity (Wildman–Crippen MR) is 164 cm³/mol. The molecule has 0 aromatic heterocycles. The number of amides is 2. The van der Waals surface area contributed by atoms with E-state index < -0.39 is 11.7 Å². The number of hydrogen-bond acceptors (Lipinski definition) is 4. The maximum Gasteiger partial charge on any atom is 0.305 e. The molecular weight excluding hydrogens is 531 g/mol. The van der Waals surface area contributed by atoms with Crippen molar-refractivity contribution in [3.63, 3.8) is 0 Å². The second kappa shape index (κ2) is 13.8. The first-order valence-electron chi connectivity index (χ1n) is 15.6. The molecule has 2 amide bonds. The van der Waals surface area contributed by atoms with Crippen molar-refractivity contribution in [1.29, 1.82) is 0 Å². The smallest absolute Gasteiger partial charge is 0.305 e. The number of benzene rings is 2. The van der Waals surface area contributed by atoms with Gasteiger partial charge >= 0.3 is 5.97 Å². The average molecular weight is 579 g/mol. The number of carbonyl (C=O) groups excluding carboxylic acids is 3. The Hall–Kier alpha value is -3.22. The molecule has 1 aliphatic heterocycles. The number of aryl methyl sites for hydroxylation is 1. The molecule has 2 aliphatic rings. The fourth-order valence-electron chi connectivity index (χ4n) is 6.84. The molecule has 2 fully saturated rings. The number of nitrogens with one attached hydrogen (secondary N) is 1. The molecule has 42 heavy (non-hydrogen) atoms. The van der Waals surface area contributed by atoms with E-state index in [1.165, 1.54) is 6.07 Å². The summed E-state index contributed by atoms with van der Waals surface area (Å²) in [7, 11) is 0. The molecule has 1 saturated heterocycles. The summed E-state index contributed by atoms with van der Waals surface area (Å²) < 4.78 is 20.1. The number of nitrogens with zero attached hydrogens (tertiary/aromatic N) is 1. The van der Waals surface area contributed by atoms with Crippen molar-refractivity contribution in [2.24, 2.45) is 17.8 Å². The van der Waals surface area contributed by atoms with Crippen LogP contribution in [0.15, 0.2) is 42.5 Å². The lowest BCUT2D eigenvalue weighted by Crippen LogP contribution is -2.55. The summed E-state index contributed by atoms with van der Waals surface area (Å²) in [6.07, 6.45) is 6.17. The standard InChI is InChI=1S/C35H47FN2O4/c1-6-42-30(39)20-17-24-15-18-25(19-16-24)32-28(33(40)37-27-12-8-11-26(22-27)35(3,4)5)13-9-21-38(32)34(41)31-23(2)10-7-14-29(31)36/h7-8,10-12,14,22,24-25,28,32H,6,9,13,15-21H2,1-5H3,(H,37,40)/t24?,25?,28-,32?/m0/s1. The van der Waals surface area contributed by atoms with Gasteiger partial charge in [-0.25, -0.2) is 4.39 Å². The maximum atomic E-state index is 15.0. The molecule has 1 unspecified atom stereocenters. The lowest BCUT2D eigenvalue weighted by Gasteiger charge is -2.46. The minimum atomic E-state index is -0.521. The molecule has 1 aliphatic carbocycles. The van der Waals surface area contributed by atoms with E-state index in [1.807, 2.05) is 25.1 Å². The van der Waals surface area contributed by atoms with Crippen molar-refractivity contribution in [3.8, 4) is 0 Å². The van der Waals surface area contributed by atoms with E-state index in [2.05, 4.69) is 32.2 Å². The zero-order chi connectivity index (χ0) is 30.4. The second-order valence-corrected chi connectivity index (χ2v) is 13.1. The van der Waals surface area contributed by atoms with Gasteiger partial charge in [0.15, 0.2) is 0 Å². The van der Waals surface area contributed by atoms with Crippen LogP contribution in [-0.4, -0.2) is 41.9 Å². The van der Waals surface area contributed by atoms with Gasteiger partial charge in [0.1, 0.15) is 5.82 Å². The summed E-state index contributed by atoms with van der Waals surface area (Å²) >= 11 is 0. The summed E-state index contributed by atoms with van der Waals surface area (Å²) in [5.74, 6) is -0.945. The summed E-state index contributed by atoms with van der Waals surface area (Å²) in [5, 5.41) is 3.17. The molecule has 0 spiro atoms. The van der Waals surface area contributed by atoms with Crippen molar-refractivity contribution in [3.05, 3.63) is 65.0 Å². The molecule has 228 valence electrons. The first-order valence-corrected chi connectivity index (χ1v) is 15.6. The minimum absolute atomic E-state index is 0.0547. The number of hydrogen-bond donors (Lipinski definition) is 1. The van der Waals surface area contributed by atoms with Gasteiger partial charge in [-0.05, 0) is 92.5 Å². The van der Waals surface area contributed by atoms with Crippen LogP contribution in [0.3, 0.4) is 0 Å². The normalized spacial score (nSPS) is 22.9. The van der Waals surface area contributed by atoms with Crippen LogP contribution in [0.1, 0.15) is 101 Å². The Morgan fingerprint density at radius 3 is 2.40 bits per heavy atom. The summed E-state index contributed by atoms with van der Waals surface area (Å²) in [6, 6.07) is 12.4. The Labute approximate surface area is 250 Å². The highest BCUT2D eigenvalue weighted by Gasteiger charge is 2.44. The van der Waals surface area contributed by atoms with Crippen LogP contribution in [0.5, 0.6) is 0 Å². The summed E-state index contributed by atoms with van der Waals surface area (Å²) in [4.78, 5) is 41.6. The Kier molecular flexibility index (Phi) is 10.4. The highest BCUT2D eigenvalue weighted by atomic mass is 19.1. The van der Waals surface area contributed by atoms with E-state index >= 15 is 0 Å². The Balaban J connectivity index is 1.57. The number of carbonyl (C=O) groups is 3. The van der Waals surface area contributed by atoms with Gasteiger partial charge in [-0.2, -0.15) is 0 Å². The third kappa shape index (κ3) is 7.59. The molecule has 1 saturated carbocycles. The molecule has 1 N–H and O–H groups in total. The number of esters is 1. The van der Waals surface area contributed by atoms with Crippen molar-refractivity contribution < 1.29 is 23.5 Å².